The third-order valence-electron chi connectivity index (χ3n) is 1.32. The maximum atomic E-state index is 9.85. The average molecular weight is 167 g/mol. The van der Waals surface area contributed by atoms with Gasteiger partial charge in [-0.05, 0) is 12.1 Å². The summed E-state index contributed by atoms with van der Waals surface area (Å²) in [5.41, 5.74) is 3.04. The summed E-state index contributed by atoms with van der Waals surface area (Å²) in [6.45, 7) is 0.312. The highest BCUT2D eigenvalue weighted by Gasteiger charge is 1.98. The highest BCUT2D eigenvalue weighted by atomic mass is 16.7. The lowest BCUT2D eigenvalue weighted by Crippen LogP contribution is -2.00. The number of hydrogen-bond donors (Lipinski definition) is 1. The fourth-order valence-electron chi connectivity index (χ4n) is 0.816. The van der Waals surface area contributed by atoms with Crippen molar-refractivity contribution in [3.05, 3.63) is 24.3 Å². The molecule has 0 saturated carbocycles. The molecular formula is C8H9NO3. The molecule has 0 fully saturated rings. The maximum absolute atomic E-state index is 9.85. The SMILES string of the molecule is COc1ccccc1NOC=O. The van der Waals surface area contributed by atoms with E-state index in [1.165, 1.54) is 0 Å². The molecule has 4 heteroatoms. The van der Waals surface area contributed by atoms with Crippen LogP contribution in [0.4, 0.5) is 5.69 Å². The average Bonchev–Trinajstić information content (AvgIpc) is 2.15. The Balaban J connectivity index is 2.74. The first kappa shape index (κ1) is 8.39. The normalized spacial score (nSPS) is 8.75. The number of carbonyl (C=O) groups excluding carboxylic acids is 1. The van der Waals surface area contributed by atoms with Gasteiger partial charge in [0.1, 0.15) is 11.4 Å². The predicted octanol–water partition coefficient (Wildman–Crippen LogP) is 1.20. The van der Waals surface area contributed by atoms with Gasteiger partial charge in [-0.3, -0.25) is 4.79 Å². The van der Waals surface area contributed by atoms with Crippen LogP contribution in [0.2, 0.25) is 0 Å². The van der Waals surface area contributed by atoms with Gasteiger partial charge in [-0.2, -0.15) is 0 Å². The van der Waals surface area contributed by atoms with Crippen LogP contribution in [0.3, 0.4) is 0 Å². The largest absolute Gasteiger partial charge is 0.494 e. The van der Waals surface area contributed by atoms with Crippen LogP contribution < -0.4 is 10.2 Å². The van der Waals surface area contributed by atoms with Crippen molar-refractivity contribution in [1.29, 1.82) is 0 Å². The number of hydrogen-bond acceptors (Lipinski definition) is 4. The molecule has 0 aromatic heterocycles. The fraction of sp³-hybridized carbons (Fsp3) is 0.125. The molecule has 0 radical (unpaired) electrons. The van der Waals surface area contributed by atoms with E-state index in [0.717, 1.165) is 0 Å². The monoisotopic (exact) mass is 167 g/mol. The lowest BCUT2D eigenvalue weighted by molar-refractivity contribution is -0.126. The van der Waals surface area contributed by atoms with E-state index in [1.54, 1.807) is 25.3 Å². The number of benzene rings is 1. The molecule has 0 spiro atoms. The lowest BCUT2D eigenvalue weighted by Gasteiger charge is -2.07. The van der Waals surface area contributed by atoms with Gasteiger partial charge in [0.2, 0.25) is 0 Å². The maximum Gasteiger partial charge on any atom is 0.320 e. The van der Waals surface area contributed by atoms with E-state index in [-0.39, 0.29) is 0 Å². The number of anilines is 1. The van der Waals surface area contributed by atoms with Gasteiger partial charge in [-0.25, -0.2) is 5.48 Å². The van der Waals surface area contributed by atoms with Crippen molar-refractivity contribution in [3.63, 3.8) is 0 Å². The quantitative estimate of drug-likeness (QED) is 0.540. The van der Waals surface area contributed by atoms with E-state index < -0.39 is 0 Å². The summed E-state index contributed by atoms with van der Waals surface area (Å²) in [6, 6.07) is 7.13. The lowest BCUT2D eigenvalue weighted by atomic mass is 10.3. The van der Waals surface area contributed by atoms with Gasteiger partial charge in [0, 0.05) is 0 Å². The molecule has 0 aliphatic heterocycles. The van der Waals surface area contributed by atoms with Crippen LogP contribution in [-0.4, -0.2) is 13.6 Å². The van der Waals surface area contributed by atoms with E-state index in [9.17, 15) is 4.79 Å². The van der Waals surface area contributed by atoms with E-state index >= 15 is 0 Å². The molecule has 0 unspecified atom stereocenters. The second kappa shape index (κ2) is 4.23. The molecule has 0 aliphatic rings. The smallest absolute Gasteiger partial charge is 0.320 e. The summed E-state index contributed by atoms with van der Waals surface area (Å²) in [5.74, 6) is 0.624. The highest BCUT2D eigenvalue weighted by molar-refractivity contribution is 5.56. The van der Waals surface area contributed by atoms with Gasteiger partial charge in [-0.1, -0.05) is 12.1 Å². The second-order valence-electron chi connectivity index (χ2n) is 2.02. The molecule has 1 aromatic rings. The molecule has 1 rings (SSSR count). The number of rotatable bonds is 4. The summed E-state index contributed by atoms with van der Waals surface area (Å²) < 4.78 is 4.98. The Kier molecular flexibility index (Phi) is 2.95. The van der Waals surface area contributed by atoms with Crippen LogP contribution in [0.25, 0.3) is 0 Å². The number of para-hydroxylation sites is 2. The van der Waals surface area contributed by atoms with Crippen molar-refractivity contribution in [2.45, 2.75) is 0 Å². The first-order chi connectivity index (χ1) is 5.88. The Morgan fingerprint density at radius 1 is 1.42 bits per heavy atom. The zero-order valence-corrected chi connectivity index (χ0v) is 6.61. The molecule has 0 amide bonds. The van der Waals surface area contributed by atoms with E-state index in [2.05, 4.69) is 10.3 Å². The van der Waals surface area contributed by atoms with Crippen molar-refractivity contribution in [2.75, 3.05) is 12.6 Å². The molecule has 0 bridgehead atoms. The van der Waals surface area contributed by atoms with Gasteiger partial charge in [-0.15, -0.1) is 0 Å². The summed E-state index contributed by atoms with van der Waals surface area (Å²) in [6.07, 6.45) is 0. The highest BCUT2D eigenvalue weighted by Crippen LogP contribution is 2.22. The Labute approximate surface area is 70.1 Å². The van der Waals surface area contributed by atoms with E-state index in [4.69, 9.17) is 4.74 Å². The molecule has 4 nitrogen and oxygen atoms in total. The molecule has 1 N–H and O–H groups in total. The Morgan fingerprint density at radius 2 is 2.17 bits per heavy atom. The Hall–Kier alpha value is -1.71. The third kappa shape index (κ3) is 1.88. The summed E-state index contributed by atoms with van der Waals surface area (Å²) >= 11 is 0. The molecule has 0 saturated heterocycles. The first-order valence-electron chi connectivity index (χ1n) is 3.37. The van der Waals surface area contributed by atoms with Crippen LogP contribution in [-0.2, 0) is 9.63 Å². The zero-order chi connectivity index (χ0) is 8.81. The van der Waals surface area contributed by atoms with E-state index in [0.29, 0.717) is 17.9 Å². The van der Waals surface area contributed by atoms with Crippen LogP contribution in [0, 0.1) is 0 Å². The second-order valence-corrected chi connectivity index (χ2v) is 2.02. The fourth-order valence-corrected chi connectivity index (χ4v) is 0.816. The minimum Gasteiger partial charge on any atom is -0.494 e. The molecule has 0 aliphatic carbocycles. The number of carbonyl (C=O) groups is 1. The number of methoxy groups -OCH3 is 1. The summed E-state index contributed by atoms with van der Waals surface area (Å²) in [7, 11) is 1.54. The molecule has 12 heavy (non-hydrogen) atoms. The summed E-state index contributed by atoms with van der Waals surface area (Å²) in [4.78, 5) is 14.2. The van der Waals surface area contributed by atoms with Gasteiger partial charge < -0.3 is 9.57 Å². The minimum absolute atomic E-state index is 0.312. The molecule has 64 valence electrons. The minimum atomic E-state index is 0.312. The zero-order valence-electron chi connectivity index (χ0n) is 6.61. The van der Waals surface area contributed by atoms with Crippen LogP contribution in [0.15, 0.2) is 24.3 Å². The van der Waals surface area contributed by atoms with Gasteiger partial charge in [0.15, 0.2) is 0 Å². The molecule has 0 heterocycles. The van der Waals surface area contributed by atoms with Gasteiger partial charge in [0.05, 0.1) is 7.11 Å². The molecular weight excluding hydrogens is 158 g/mol. The molecule has 1 aromatic carbocycles. The predicted molar refractivity (Wildman–Crippen MR) is 43.8 cm³/mol. The standard InChI is InChI=1S/C8H9NO3/c1-11-8-5-3-2-4-7(8)9-12-6-10/h2-6,9H,1H3. The Bertz CT molecular complexity index is 262. The van der Waals surface area contributed by atoms with Crippen molar-refractivity contribution in [3.8, 4) is 5.75 Å². The summed E-state index contributed by atoms with van der Waals surface area (Å²) in [5, 5.41) is 0. The van der Waals surface area contributed by atoms with Gasteiger partial charge >= 0.3 is 6.47 Å². The third-order valence-corrected chi connectivity index (χ3v) is 1.32. The van der Waals surface area contributed by atoms with Crippen LogP contribution in [0.5, 0.6) is 5.75 Å². The van der Waals surface area contributed by atoms with Crippen molar-refractivity contribution >= 4 is 12.2 Å². The van der Waals surface area contributed by atoms with Gasteiger partial charge in [0.25, 0.3) is 0 Å². The first-order valence-corrected chi connectivity index (χ1v) is 3.37. The van der Waals surface area contributed by atoms with Crippen LogP contribution in [0.1, 0.15) is 0 Å². The molecule has 0 atom stereocenters. The van der Waals surface area contributed by atoms with Crippen molar-refractivity contribution in [1.82, 2.24) is 0 Å². The van der Waals surface area contributed by atoms with Crippen molar-refractivity contribution < 1.29 is 14.4 Å². The van der Waals surface area contributed by atoms with E-state index in [1.807, 2.05) is 6.07 Å². The van der Waals surface area contributed by atoms with Crippen LogP contribution >= 0.6 is 0 Å². The van der Waals surface area contributed by atoms with Crippen molar-refractivity contribution in [2.24, 2.45) is 0 Å². The Morgan fingerprint density at radius 3 is 2.83 bits per heavy atom. The number of nitrogens with one attached hydrogen (secondary N) is 1. The number of ether oxygens (including phenoxy) is 1. The topological polar surface area (TPSA) is 47.6 Å².